The number of hydrogen-bond donors (Lipinski definition) is 1. The highest BCUT2D eigenvalue weighted by molar-refractivity contribution is 6.30. The molecule has 3 aromatic carbocycles. The number of halogens is 1. The molecule has 3 aromatic rings. The summed E-state index contributed by atoms with van der Waals surface area (Å²) in [5.41, 5.74) is 3.56. The van der Waals surface area contributed by atoms with E-state index in [0.29, 0.717) is 28.4 Å². The molecule has 1 aliphatic rings. The van der Waals surface area contributed by atoms with Gasteiger partial charge in [-0.1, -0.05) is 41.9 Å². The van der Waals surface area contributed by atoms with Gasteiger partial charge in [0.25, 0.3) is 5.91 Å². The van der Waals surface area contributed by atoms with Gasteiger partial charge in [0.15, 0.2) is 0 Å². The van der Waals surface area contributed by atoms with Gasteiger partial charge in [-0.2, -0.15) is 0 Å². The lowest BCUT2D eigenvalue weighted by Crippen LogP contribution is -2.28. The van der Waals surface area contributed by atoms with Crippen LogP contribution in [0.5, 0.6) is 0 Å². The molecule has 0 aliphatic carbocycles. The van der Waals surface area contributed by atoms with Crippen LogP contribution in [0.25, 0.3) is 0 Å². The number of carboxylic acids is 1. The molecular formula is C22H16ClNO3. The molecule has 0 fully saturated rings. The van der Waals surface area contributed by atoms with Crippen molar-refractivity contribution in [3.8, 4) is 0 Å². The highest BCUT2D eigenvalue weighted by atomic mass is 35.5. The van der Waals surface area contributed by atoms with Crippen LogP contribution >= 0.6 is 11.6 Å². The van der Waals surface area contributed by atoms with Gasteiger partial charge in [0.2, 0.25) is 0 Å². The quantitative estimate of drug-likeness (QED) is 0.674. The predicted octanol–water partition coefficient (Wildman–Crippen LogP) is 5.12. The summed E-state index contributed by atoms with van der Waals surface area (Å²) < 4.78 is 0. The first kappa shape index (κ1) is 17.3. The van der Waals surface area contributed by atoms with Crippen molar-refractivity contribution in [1.82, 2.24) is 0 Å². The van der Waals surface area contributed by atoms with E-state index in [2.05, 4.69) is 0 Å². The van der Waals surface area contributed by atoms with E-state index < -0.39 is 5.97 Å². The molecule has 4 nitrogen and oxygen atoms in total. The molecule has 0 unspecified atom stereocenters. The Labute approximate surface area is 161 Å². The number of nitrogens with zero attached hydrogens (tertiary/aromatic N) is 1. The maximum atomic E-state index is 13.5. The zero-order chi connectivity index (χ0) is 19.0. The molecule has 0 saturated heterocycles. The Morgan fingerprint density at radius 3 is 2.26 bits per heavy atom. The lowest BCUT2D eigenvalue weighted by Gasteiger charge is -2.26. The van der Waals surface area contributed by atoms with Gasteiger partial charge in [0, 0.05) is 10.6 Å². The number of aromatic carboxylic acids is 1. The summed E-state index contributed by atoms with van der Waals surface area (Å²) >= 11 is 5.95. The third kappa shape index (κ3) is 3.09. The van der Waals surface area contributed by atoms with Crippen LogP contribution in [-0.4, -0.2) is 17.0 Å². The summed E-state index contributed by atoms with van der Waals surface area (Å²) in [5.74, 6) is -1.34. The standard InChI is InChI=1S/C22H16ClNO3/c23-17-12-10-16(11-13-17)21(25)24-19-7-2-1-4-14(19)8-9-15-5-3-6-18(20(15)24)22(26)27/h1-7,10-13H,8-9H2,(H,26,27). The van der Waals surface area contributed by atoms with Crippen LogP contribution in [0.15, 0.2) is 66.7 Å². The largest absolute Gasteiger partial charge is 0.478 e. The summed E-state index contributed by atoms with van der Waals surface area (Å²) in [6.45, 7) is 0. The zero-order valence-electron chi connectivity index (χ0n) is 14.4. The van der Waals surface area contributed by atoms with E-state index in [9.17, 15) is 14.7 Å². The first-order valence-corrected chi connectivity index (χ1v) is 8.97. The van der Waals surface area contributed by atoms with Gasteiger partial charge in [0.1, 0.15) is 0 Å². The number of carboxylic acid groups (broad SMARTS) is 1. The molecule has 0 spiro atoms. The number of para-hydroxylation sites is 2. The molecule has 0 aromatic heterocycles. The number of anilines is 2. The average Bonchev–Trinajstić information content (AvgIpc) is 2.84. The second kappa shape index (κ2) is 6.89. The van der Waals surface area contributed by atoms with Crippen LogP contribution in [-0.2, 0) is 12.8 Å². The summed E-state index contributed by atoms with van der Waals surface area (Å²) in [6.07, 6.45) is 1.40. The number of benzene rings is 3. The summed E-state index contributed by atoms with van der Waals surface area (Å²) in [4.78, 5) is 26.9. The van der Waals surface area contributed by atoms with Gasteiger partial charge in [-0.25, -0.2) is 4.79 Å². The smallest absolute Gasteiger partial charge is 0.337 e. The summed E-state index contributed by atoms with van der Waals surface area (Å²) in [5, 5.41) is 10.3. The van der Waals surface area contributed by atoms with E-state index in [1.807, 2.05) is 30.3 Å². The minimum atomic E-state index is -1.06. The van der Waals surface area contributed by atoms with Gasteiger partial charge in [-0.15, -0.1) is 0 Å². The number of carbonyl (C=O) groups excluding carboxylic acids is 1. The third-order valence-electron chi connectivity index (χ3n) is 4.76. The predicted molar refractivity (Wildman–Crippen MR) is 105 cm³/mol. The molecule has 1 amide bonds. The Morgan fingerprint density at radius 2 is 1.52 bits per heavy atom. The Hall–Kier alpha value is -3.11. The monoisotopic (exact) mass is 377 g/mol. The van der Waals surface area contributed by atoms with E-state index in [1.54, 1.807) is 30.3 Å². The van der Waals surface area contributed by atoms with Crippen molar-refractivity contribution >= 4 is 34.9 Å². The van der Waals surface area contributed by atoms with Gasteiger partial charge in [-0.05, 0) is 60.4 Å². The van der Waals surface area contributed by atoms with Gasteiger partial charge in [-0.3, -0.25) is 9.69 Å². The summed E-state index contributed by atoms with van der Waals surface area (Å²) in [6, 6.07) is 19.4. The highest BCUT2D eigenvalue weighted by Gasteiger charge is 2.30. The van der Waals surface area contributed by atoms with E-state index in [1.165, 1.54) is 11.0 Å². The van der Waals surface area contributed by atoms with Crippen LogP contribution in [0.3, 0.4) is 0 Å². The minimum absolute atomic E-state index is 0.117. The van der Waals surface area contributed by atoms with Gasteiger partial charge >= 0.3 is 5.97 Å². The maximum absolute atomic E-state index is 13.5. The lowest BCUT2D eigenvalue weighted by molar-refractivity contribution is 0.0697. The van der Waals surface area contributed by atoms with Crippen molar-refractivity contribution in [3.05, 3.63) is 94.0 Å². The molecular weight excluding hydrogens is 362 g/mol. The molecule has 5 heteroatoms. The molecule has 4 rings (SSSR count). The van der Waals surface area contributed by atoms with E-state index in [-0.39, 0.29) is 11.5 Å². The van der Waals surface area contributed by atoms with Crippen LogP contribution < -0.4 is 4.90 Å². The maximum Gasteiger partial charge on any atom is 0.337 e. The zero-order valence-corrected chi connectivity index (χ0v) is 15.1. The normalized spacial score (nSPS) is 12.7. The van der Waals surface area contributed by atoms with E-state index in [4.69, 9.17) is 11.6 Å². The fourth-order valence-electron chi connectivity index (χ4n) is 3.49. The van der Waals surface area contributed by atoms with E-state index >= 15 is 0 Å². The lowest BCUT2D eigenvalue weighted by atomic mass is 10.0. The van der Waals surface area contributed by atoms with Crippen molar-refractivity contribution in [2.75, 3.05) is 4.90 Å². The number of fused-ring (bicyclic) bond motifs is 2. The number of hydrogen-bond acceptors (Lipinski definition) is 2. The molecule has 0 saturated carbocycles. The first-order chi connectivity index (χ1) is 13.1. The van der Waals surface area contributed by atoms with Crippen molar-refractivity contribution in [2.24, 2.45) is 0 Å². The molecule has 27 heavy (non-hydrogen) atoms. The number of rotatable bonds is 2. The molecule has 1 N–H and O–H groups in total. The van der Waals surface area contributed by atoms with Crippen LogP contribution in [0, 0.1) is 0 Å². The van der Waals surface area contributed by atoms with Gasteiger partial charge < -0.3 is 5.11 Å². The second-order valence-corrected chi connectivity index (χ2v) is 6.83. The molecule has 134 valence electrons. The third-order valence-corrected chi connectivity index (χ3v) is 5.02. The average molecular weight is 378 g/mol. The molecule has 0 atom stereocenters. The Kier molecular flexibility index (Phi) is 4.42. The number of aryl methyl sites for hydroxylation is 2. The molecule has 0 radical (unpaired) electrons. The highest BCUT2D eigenvalue weighted by Crippen LogP contribution is 2.39. The Balaban J connectivity index is 1.98. The fraction of sp³-hybridized carbons (Fsp3) is 0.0909. The molecule has 0 bridgehead atoms. The van der Waals surface area contributed by atoms with E-state index in [0.717, 1.165) is 17.5 Å². The van der Waals surface area contributed by atoms with Crippen LogP contribution in [0.4, 0.5) is 11.4 Å². The Morgan fingerprint density at radius 1 is 0.852 bits per heavy atom. The van der Waals surface area contributed by atoms with Crippen LogP contribution in [0.2, 0.25) is 5.02 Å². The number of amides is 1. The van der Waals surface area contributed by atoms with Crippen molar-refractivity contribution in [2.45, 2.75) is 12.8 Å². The van der Waals surface area contributed by atoms with Crippen molar-refractivity contribution in [1.29, 1.82) is 0 Å². The van der Waals surface area contributed by atoms with Crippen molar-refractivity contribution in [3.63, 3.8) is 0 Å². The topological polar surface area (TPSA) is 57.6 Å². The number of carbonyl (C=O) groups is 2. The van der Waals surface area contributed by atoms with Gasteiger partial charge in [0.05, 0.1) is 16.9 Å². The van der Waals surface area contributed by atoms with Crippen LogP contribution in [0.1, 0.15) is 31.8 Å². The fourth-order valence-corrected chi connectivity index (χ4v) is 3.62. The minimum Gasteiger partial charge on any atom is -0.478 e. The Bertz CT molecular complexity index is 1040. The first-order valence-electron chi connectivity index (χ1n) is 8.59. The second-order valence-electron chi connectivity index (χ2n) is 6.39. The summed E-state index contributed by atoms with van der Waals surface area (Å²) in [7, 11) is 0. The SMILES string of the molecule is O=C(O)c1cccc2c1N(C(=O)c1ccc(Cl)cc1)c1ccccc1CC2. The van der Waals surface area contributed by atoms with Crippen molar-refractivity contribution < 1.29 is 14.7 Å². The molecule has 1 heterocycles. The molecule has 1 aliphatic heterocycles.